The summed E-state index contributed by atoms with van der Waals surface area (Å²) >= 11 is 0. The maximum Gasteiger partial charge on any atom is 0.321 e. The molecule has 9 heteroatoms. The van der Waals surface area contributed by atoms with E-state index in [1.807, 2.05) is 0 Å². The van der Waals surface area contributed by atoms with E-state index in [9.17, 15) is 9.18 Å². The molecule has 1 fully saturated rings. The molecule has 0 spiro atoms. The van der Waals surface area contributed by atoms with Gasteiger partial charge in [-0.3, -0.25) is 4.90 Å². The van der Waals surface area contributed by atoms with Gasteiger partial charge < -0.3 is 19.9 Å². The van der Waals surface area contributed by atoms with Crippen molar-refractivity contribution in [2.45, 2.75) is 32.7 Å². The fourth-order valence-corrected chi connectivity index (χ4v) is 4.50. The molecule has 1 aliphatic rings. The number of methoxy groups -OCH3 is 1. The molecule has 1 aromatic carbocycles. The number of ether oxygens (including phenoxy) is 1. The van der Waals surface area contributed by atoms with Crippen molar-refractivity contribution < 1.29 is 18.3 Å². The van der Waals surface area contributed by atoms with Gasteiger partial charge in [-0.15, -0.1) is 0 Å². The van der Waals surface area contributed by atoms with Crippen molar-refractivity contribution in [2.75, 3.05) is 38.6 Å². The average molecular weight is 458 g/mol. The third kappa shape index (κ3) is 4.64. The number of likely N-dealkylation sites (N-methyl/N-ethyl adjacent to an activating group) is 1. The largest absolute Gasteiger partial charge is 0.495 e. The molecule has 1 saturated heterocycles. The van der Waals surface area contributed by atoms with Gasteiger partial charge in [-0.2, -0.15) is 0 Å². The Bertz CT molecular complexity index is 1150. The molecule has 0 radical (unpaired) electrons. The summed E-state index contributed by atoms with van der Waals surface area (Å²) < 4.78 is 35.1. The summed E-state index contributed by atoms with van der Waals surface area (Å²) in [5, 5.41) is 3.36. The fraction of sp³-hybridized carbons (Fsp3) is 0.417. The first-order chi connectivity index (χ1) is 15.9. The van der Waals surface area contributed by atoms with Crippen LogP contribution in [0, 0.1) is 11.6 Å². The van der Waals surface area contributed by atoms with E-state index in [1.54, 1.807) is 23.4 Å². The summed E-state index contributed by atoms with van der Waals surface area (Å²) in [5.74, 6) is -0.884. The predicted octanol–water partition coefficient (Wildman–Crippen LogP) is 4.39. The van der Waals surface area contributed by atoms with Crippen molar-refractivity contribution >= 4 is 22.8 Å². The van der Waals surface area contributed by atoms with Gasteiger partial charge in [-0.1, -0.05) is 13.8 Å². The molecule has 4 rings (SSSR count). The highest BCUT2D eigenvalue weighted by molar-refractivity contribution is 5.90. The van der Waals surface area contributed by atoms with Crippen LogP contribution in [0.25, 0.3) is 11.0 Å². The molecule has 1 unspecified atom stereocenters. The number of carbonyl (C=O) groups is 1. The maximum atomic E-state index is 15.3. The zero-order chi connectivity index (χ0) is 23.5. The Labute approximate surface area is 191 Å². The van der Waals surface area contributed by atoms with E-state index in [4.69, 9.17) is 4.74 Å². The number of rotatable bonds is 7. The van der Waals surface area contributed by atoms with Crippen LogP contribution in [0.3, 0.4) is 0 Å². The first kappa shape index (κ1) is 23.0. The molecule has 0 bridgehead atoms. The topological polar surface area (TPSA) is 73.5 Å². The van der Waals surface area contributed by atoms with Crippen LogP contribution >= 0.6 is 0 Å². The number of anilines is 1. The van der Waals surface area contributed by atoms with E-state index < -0.39 is 11.6 Å². The number of carbonyl (C=O) groups excluding carboxylic acids is 1. The smallest absolute Gasteiger partial charge is 0.321 e. The van der Waals surface area contributed by atoms with Gasteiger partial charge in [0.15, 0.2) is 5.82 Å². The van der Waals surface area contributed by atoms with Crippen LogP contribution in [-0.2, 0) is 6.42 Å². The van der Waals surface area contributed by atoms with Gasteiger partial charge in [0, 0.05) is 42.7 Å². The number of halogens is 2. The number of aromatic amines is 1. The van der Waals surface area contributed by atoms with Crippen molar-refractivity contribution in [3.63, 3.8) is 0 Å². The van der Waals surface area contributed by atoms with Crippen LogP contribution in [0.2, 0.25) is 0 Å². The fourth-order valence-electron chi connectivity index (χ4n) is 4.50. The van der Waals surface area contributed by atoms with Gasteiger partial charge in [-0.05, 0) is 43.3 Å². The molecule has 2 N–H and O–H groups in total. The summed E-state index contributed by atoms with van der Waals surface area (Å²) in [4.78, 5) is 24.0. The van der Waals surface area contributed by atoms with Gasteiger partial charge in [-0.25, -0.2) is 18.6 Å². The zero-order valence-electron chi connectivity index (χ0n) is 19.1. The second kappa shape index (κ2) is 9.74. The Hall–Kier alpha value is -3.20. The number of hydrogen-bond donors (Lipinski definition) is 2. The number of likely N-dealkylation sites (tertiary alicyclic amines) is 1. The highest BCUT2D eigenvalue weighted by Crippen LogP contribution is 2.28. The van der Waals surface area contributed by atoms with Crippen LogP contribution in [0.15, 0.2) is 30.6 Å². The zero-order valence-corrected chi connectivity index (χ0v) is 19.1. The number of aromatic nitrogens is 2. The molecule has 2 amide bonds. The third-order valence-corrected chi connectivity index (χ3v) is 6.40. The predicted molar refractivity (Wildman–Crippen MR) is 124 cm³/mol. The van der Waals surface area contributed by atoms with E-state index in [0.717, 1.165) is 24.9 Å². The lowest BCUT2D eigenvalue weighted by molar-refractivity contribution is 0.202. The summed E-state index contributed by atoms with van der Waals surface area (Å²) in [7, 11) is 1.53. The Morgan fingerprint density at radius 1 is 1.33 bits per heavy atom. The molecule has 3 heterocycles. The number of H-pyrrole nitrogens is 1. The normalized spacial score (nSPS) is 16.1. The van der Waals surface area contributed by atoms with Gasteiger partial charge in [0.1, 0.15) is 17.2 Å². The van der Waals surface area contributed by atoms with Gasteiger partial charge in [0.05, 0.1) is 19.0 Å². The first-order valence-electron chi connectivity index (χ1n) is 11.2. The Kier molecular flexibility index (Phi) is 6.78. The molecule has 1 aliphatic heterocycles. The van der Waals surface area contributed by atoms with Crippen LogP contribution in [-0.4, -0.2) is 65.1 Å². The summed E-state index contributed by atoms with van der Waals surface area (Å²) in [6.07, 6.45) is 4.14. The van der Waals surface area contributed by atoms with Crippen molar-refractivity contribution in [1.29, 1.82) is 0 Å². The highest BCUT2D eigenvalue weighted by atomic mass is 19.1. The van der Waals surface area contributed by atoms with Crippen molar-refractivity contribution in [3.8, 4) is 5.75 Å². The van der Waals surface area contributed by atoms with Gasteiger partial charge >= 0.3 is 6.03 Å². The SMILES string of the molecule is CCN(CC)C1CCN(C(=O)Nc2ccc(F)c(Cc3c[nH]c4ncc(OC)cc34)c2F)C1. The Balaban J connectivity index is 1.52. The highest BCUT2D eigenvalue weighted by Gasteiger charge is 2.30. The number of nitrogens with one attached hydrogen (secondary N) is 2. The van der Waals surface area contributed by atoms with E-state index in [2.05, 4.69) is 34.0 Å². The third-order valence-electron chi connectivity index (χ3n) is 6.40. The maximum absolute atomic E-state index is 15.3. The van der Waals surface area contributed by atoms with Gasteiger partial charge in [0.25, 0.3) is 0 Å². The van der Waals surface area contributed by atoms with E-state index in [0.29, 0.717) is 36.1 Å². The number of nitrogens with zero attached hydrogens (tertiary/aromatic N) is 3. The monoisotopic (exact) mass is 457 g/mol. The number of pyridine rings is 1. The lowest BCUT2D eigenvalue weighted by Crippen LogP contribution is -2.40. The van der Waals surface area contributed by atoms with Crippen LogP contribution in [0.1, 0.15) is 31.4 Å². The lowest BCUT2D eigenvalue weighted by Gasteiger charge is -2.26. The number of benzene rings is 1. The molecule has 7 nitrogen and oxygen atoms in total. The lowest BCUT2D eigenvalue weighted by atomic mass is 10.0. The molecule has 1 atom stereocenters. The standard InChI is InChI=1S/C24H29F2N5O2/c1-4-30(5-2)16-8-9-31(14-16)24(32)29-21-7-6-20(25)19(22(21)26)10-15-12-27-23-18(15)11-17(33-3)13-28-23/h6-7,11-13,16H,4-5,8-10,14H2,1-3H3,(H,27,28)(H,29,32). The molecular weight excluding hydrogens is 428 g/mol. The molecule has 33 heavy (non-hydrogen) atoms. The molecule has 3 aromatic rings. The van der Waals surface area contributed by atoms with Crippen LogP contribution in [0.5, 0.6) is 5.75 Å². The summed E-state index contributed by atoms with van der Waals surface area (Å²) in [6, 6.07) is 4.15. The number of hydrogen-bond acceptors (Lipinski definition) is 4. The number of amides is 2. The molecule has 0 aliphatic carbocycles. The first-order valence-corrected chi connectivity index (χ1v) is 11.2. The second-order valence-corrected chi connectivity index (χ2v) is 8.19. The van der Waals surface area contributed by atoms with Crippen LogP contribution in [0.4, 0.5) is 19.3 Å². The van der Waals surface area contributed by atoms with E-state index in [-0.39, 0.29) is 23.7 Å². The minimum Gasteiger partial charge on any atom is -0.495 e. The van der Waals surface area contributed by atoms with Gasteiger partial charge in [0.2, 0.25) is 0 Å². The molecule has 0 saturated carbocycles. The number of fused-ring (bicyclic) bond motifs is 1. The van der Waals surface area contributed by atoms with E-state index >= 15 is 4.39 Å². The Morgan fingerprint density at radius 2 is 2.12 bits per heavy atom. The minimum absolute atomic E-state index is 0.00394. The molecule has 176 valence electrons. The van der Waals surface area contributed by atoms with Crippen molar-refractivity contribution in [3.05, 3.63) is 53.4 Å². The summed E-state index contributed by atoms with van der Waals surface area (Å²) in [5.41, 5.74) is 1.14. The average Bonchev–Trinajstić information content (AvgIpc) is 3.46. The quantitative estimate of drug-likeness (QED) is 0.552. The van der Waals surface area contributed by atoms with Crippen molar-refractivity contribution in [2.24, 2.45) is 0 Å². The Morgan fingerprint density at radius 3 is 2.85 bits per heavy atom. The van der Waals surface area contributed by atoms with Crippen LogP contribution < -0.4 is 10.1 Å². The minimum atomic E-state index is -0.770. The summed E-state index contributed by atoms with van der Waals surface area (Å²) in [6.45, 7) is 7.23. The van der Waals surface area contributed by atoms with Crippen molar-refractivity contribution in [1.82, 2.24) is 19.8 Å². The molecule has 2 aromatic heterocycles. The van der Waals surface area contributed by atoms with E-state index in [1.165, 1.54) is 19.2 Å². The molecular formula is C24H29F2N5O2. The number of urea groups is 1. The second-order valence-electron chi connectivity index (χ2n) is 8.19.